The van der Waals surface area contributed by atoms with E-state index in [9.17, 15) is 0 Å². The minimum Gasteiger partial charge on any atom is -0.372 e. The van der Waals surface area contributed by atoms with Crippen molar-refractivity contribution in [1.82, 2.24) is 0 Å². The van der Waals surface area contributed by atoms with Gasteiger partial charge in [0.25, 0.3) is 0 Å². The normalized spacial score (nSPS) is 19.9. The summed E-state index contributed by atoms with van der Waals surface area (Å²) in [6, 6.07) is 6.91. The van der Waals surface area contributed by atoms with Crippen LogP contribution in [0, 0.1) is 12.8 Å². The van der Waals surface area contributed by atoms with E-state index in [4.69, 9.17) is 5.73 Å². The van der Waals surface area contributed by atoms with E-state index in [1.54, 1.807) is 0 Å². The summed E-state index contributed by atoms with van der Waals surface area (Å²) in [5.74, 6) is 0.947. The lowest BCUT2D eigenvalue weighted by Crippen LogP contribution is -2.24. The maximum Gasteiger partial charge on any atom is 0.0369 e. The van der Waals surface area contributed by atoms with Gasteiger partial charge in [0.05, 0.1) is 0 Å². The molecule has 1 saturated heterocycles. The van der Waals surface area contributed by atoms with Crippen molar-refractivity contribution in [3.63, 3.8) is 0 Å². The summed E-state index contributed by atoms with van der Waals surface area (Å²) in [6.45, 7) is 7.70. The van der Waals surface area contributed by atoms with Crippen LogP contribution in [0.3, 0.4) is 0 Å². The molecule has 0 bridgehead atoms. The van der Waals surface area contributed by atoms with Gasteiger partial charge in [-0.25, -0.2) is 0 Å². The summed E-state index contributed by atoms with van der Waals surface area (Å²) in [6.07, 6.45) is 7.84. The SMILES string of the molecule is CCCC1CCCN(c2ccc(CCN)c(C)c2)CC1. The fourth-order valence-electron chi connectivity index (χ4n) is 3.43. The highest BCUT2D eigenvalue weighted by Gasteiger charge is 2.17. The first-order chi connectivity index (χ1) is 9.74. The van der Waals surface area contributed by atoms with Crippen molar-refractivity contribution in [2.45, 2.75) is 52.4 Å². The van der Waals surface area contributed by atoms with E-state index < -0.39 is 0 Å². The molecule has 2 heteroatoms. The van der Waals surface area contributed by atoms with Crippen LogP contribution in [0.4, 0.5) is 5.69 Å². The van der Waals surface area contributed by atoms with Gasteiger partial charge in [0, 0.05) is 18.8 Å². The van der Waals surface area contributed by atoms with Gasteiger partial charge in [0.1, 0.15) is 0 Å². The van der Waals surface area contributed by atoms with E-state index in [0.717, 1.165) is 18.9 Å². The van der Waals surface area contributed by atoms with E-state index in [2.05, 4.69) is 36.9 Å². The molecule has 0 aromatic heterocycles. The summed E-state index contributed by atoms with van der Waals surface area (Å²) in [4.78, 5) is 2.58. The minimum absolute atomic E-state index is 0.739. The van der Waals surface area contributed by atoms with Crippen LogP contribution < -0.4 is 10.6 Å². The summed E-state index contributed by atoms with van der Waals surface area (Å²) in [5, 5.41) is 0. The molecule has 1 aliphatic rings. The van der Waals surface area contributed by atoms with Crippen LogP contribution in [0.25, 0.3) is 0 Å². The number of rotatable bonds is 5. The smallest absolute Gasteiger partial charge is 0.0369 e. The zero-order valence-electron chi connectivity index (χ0n) is 13.2. The molecular formula is C18H30N2. The van der Waals surface area contributed by atoms with Crippen LogP contribution in [0.5, 0.6) is 0 Å². The second kappa shape index (κ2) is 7.68. The largest absolute Gasteiger partial charge is 0.372 e. The van der Waals surface area contributed by atoms with Gasteiger partial charge in [0.15, 0.2) is 0 Å². The summed E-state index contributed by atoms with van der Waals surface area (Å²) in [5.41, 5.74) is 9.86. The molecule has 2 nitrogen and oxygen atoms in total. The van der Waals surface area contributed by atoms with Gasteiger partial charge < -0.3 is 10.6 Å². The molecule has 0 radical (unpaired) electrons. The molecule has 1 fully saturated rings. The highest BCUT2D eigenvalue weighted by molar-refractivity contribution is 5.51. The lowest BCUT2D eigenvalue weighted by atomic mass is 9.96. The number of benzene rings is 1. The van der Waals surface area contributed by atoms with Gasteiger partial charge in [-0.15, -0.1) is 0 Å². The molecular weight excluding hydrogens is 244 g/mol. The molecule has 0 amide bonds. The molecule has 2 N–H and O–H groups in total. The standard InChI is InChI=1S/C18H30N2/c1-3-5-16-6-4-12-20(13-10-16)18-8-7-17(9-11-19)15(2)14-18/h7-8,14,16H,3-6,9-13,19H2,1-2H3. The van der Waals surface area contributed by atoms with Gasteiger partial charge >= 0.3 is 0 Å². The number of nitrogens with zero attached hydrogens (tertiary/aromatic N) is 1. The average molecular weight is 274 g/mol. The number of anilines is 1. The lowest BCUT2D eigenvalue weighted by Gasteiger charge is -2.24. The van der Waals surface area contributed by atoms with Crippen molar-refractivity contribution in [3.05, 3.63) is 29.3 Å². The predicted octanol–water partition coefficient (Wildman–Crippen LogP) is 3.90. The highest BCUT2D eigenvalue weighted by Crippen LogP contribution is 2.26. The second-order valence-electron chi connectivity index (χ2n) is 6.22. The number of nitrogens with two attached hydrogens (primary N) is 1. The Morgan fingerprint density at radius 1 is 1.25 bits per heavy atom. The molecule has 2 rings (SSSR count). The molecule has 0 aliphatic carbocycles. The van der Waals surface area contributed by atoms with Crippen LogP contribution in [0.1, 0.15) is 50.2 Å². The number of aryl methyl sites for hydroxylation is 1. The average Bonchev–Trinajstić information content (AvgIpc) is 2.67. The van der Waals surface area contributed by atoms with Gasteiger partial charge in [0.2, 0.25) is 0 Å². The highest BCUT2D eigenvalue weighted by atomic mass is 15.1. The Kier molecular flexibility index (Phi) is 5.90. The van der Waals surface area contributed by atoms with Crippen molar-refractivity contribution in [2.75, 3.05) is 24.5 Å². The zero-order chi connectivity index (χ0) is 14.4. The van der Waals surface area contributed by atoms with Crippen molar-refractivity contribution >= 4 is 5.69 Å². The van der Waals surface area contributed by atoms with Crippen molar-refractivity contribution in [2.24, 2.45) is 11.7 Å². The fourth-order valence-corrected chi connectivity index (χ4v) is 3.43. The second-order valence-corrected chi connectivity index (χ2v) is 6.22. The van der Waals surface area contributed by atoms with Crippen LogP contribution in [0.15, 0.2) is 18.2 Å². The van der Waals surface area contributed by atoms with E-state index in [1.807, 2.05) is 0 Å². The quantitative estimate of drug-likeness (QED) is 0.882. The van der Waals surface area contributed by atoms with E-state index in [-0.39, 0.29) is 0 Å². The number of hydrogen-bond acceptors (Lipinski definition) is 2. The fraction of sp³-hybridized carbons (Fsp3) is 0.667. The topological polar surface area (TPSA) is 29.3 Å². The van der Waals surface area contributed by atoms with Crippen molar-refractivity contribution in [3.8, 4) is 0 Å². The third-order valence-corrected chi connectivity index (χ3v) is 4.65. The minimum atomic E-state index is 0.739. The molecule has 0 saturated carbocycles. The van der Waals surface area contributed by atoms with Crippen molar-refractivity contribution < 1.29 is 0 Å². The first-order valence-electron chi connectivity index (χ1n) is 8.29. The first-order valence-corrected chi connectivity index (χ1v) is 8.29. The molecule has 1 heterocycles. The van der Waals surface area contributed by atoms with Crippen molar-refractivity contribution in [1.29, 1.82) is 0 Å². The maximum absolute atomic E-state index is 5.66. The Morgan fingerprint density at radius 2 is 2.10 bits per heavy atom. The molecule has 0 spiro atoms. The molecule has 1 aliphatic heterocycles. The van der Waals surface area contributed by atoms with E-state index in [1.165, 1.54) is 62.0 Å². The first kappa shape index (κ1) is 15.4. The summed E-state index contributed by atoms with van der Waals surface area (Å²) < 4.78 is 0. The molecule has 112 valence electrons. The summed E-state index contributed by atoms with van der Waals surface area (Å²) >= 11 is 0. The third kappa shape index (κ3) is 3.99. The van der Waals surface area contributed by atoms with E-state index >= 15 is 0 Å². The van der Waals surface area contributed by atoms with Gasteiger partial charge in [-0.1, -0.05) is 25.8 Å². The Hall–Kier alpha value is -1.02. The van der Waals surface area contributed by atoms with E-state index in [0.29, 0.717) is 0 Å². The van der Waals surface area contributed by atoms with Crippen LogP contribution in [0.2, 0.25) is 0 Å². The van der Waals surface area contributed by atoms with Gasteiger partial charge in [-0.2, -0.15) is 0 Å². The van der Waals surface area contributed by atoms with Crippen LogP contribution in [-0.4, -0.2) is 19.6 Å². The maximum atomic E-state index is 5.66. The molecule has 1 unspecified atom stereocenters. The molecule has 1 atom stereocenters. The van der Waals surface area contributed by atoms with Crippen LogP contribution in [-0.2, 0) is 6.42 Å². The van der Waals surface area contributed by atoms with Crippen LogP contribution >= 0.6 is 0 Å². The molecule has 20 heavy (non-hydrogen) atoms. The Morgan fingerprint density at radius 3 is 2.80 bits per heavy atom. The molecule has 1 aromatic rings. The monoisotopic (exact) mass is 274 g/mol. The summed E-state index contributed by atoms with van der Waals surface area (Å²) in [7, 11) is 0. The Labute approximate surface area is 124 Å². The van der Waals surface area contributed by atoms with Gasteiger partial charge in [-0.3, -0.25) is 0 Å². The predicted molar refractivity (Wildman–Crippen MR) is 88.4 cm³/mol. The third-order valence-electron chi connectivity index (χ3n) is 4.65. The van der Waals surface area contributed by atoms with Gasteiger partial charge in [-0.05, 0) is 68.3 Å². The molecule has 1 aromatic carbocycles. The Bertz CT molecular complexity index is 414. The zero-order valence-corrected chi connectivity index (χ0v) is 13.2. The Balaban J connectivity index is 2.02. The lowest BCUT2D eigenvalue weighted by molar-refractivity contribution is 0.435. The number of hydrogen-bond donors (Lipinski definition) is 1.